The van der Waals surface area contributed by atoms with Crippen LogP contribution in [-0.4, -0.2) is 42.1 Å². The third-order valence-electron chi connectivity index (χ3n) is 3.86. The second-order valence-electron chi connectivity index (χ2n) is 5.50. The lowest BCUT2D eigenvalue weighted by Gasteiger charge is -2.32. The summed E-state index contributed by atoms with van der Waals surface area (Å²) in [6.07, 6.45) is 2.17. The van der Waals surface area contributed by atoms with E-state index in [9.17, 15) is 9.59 Å². The molecule has 1 fully saturated rings. The summed E-state index contributed by atoms with van der Waals surface area (Å²) in [5, 5.41) is 3.21. The molecule has 0 saturated carbocycles. The second kappa shape index (κ2) is 7.35. The van der Waals surface area contributed by atoms with Crippen molar-refractivity contribution in [3.05, 3.63) is 35.4 Å². The van der Waals surface area contributed by atoms with E-state index in [1.54, 1.807) is 24.3 Å². The highest BCUT2D eigenvalue weighted by Crippen LogP contribution is 2.16. The average molecular weight is 320 g/mol. The minimum Gasteiger partial charge on any atom is -0.465 e. The van der Waals surface area contributed by atoms with Gasteiger partial charge >= 0.3 is 5.97 Å². The van der Waals surface area contributed by atoms with E-state index in [2.05, 4.69) is 17.0 Å². The molecule has 1 N–H and O–H groups in total. The van der Waals surface area contributed by atoms with Crippen molar-refractivity contribution < 1.29 is 14.3 Å². The Bertz CT molecular complexity index is 563. The van der Waals surface area contributed by atoms with Crippen LogP contribution in [0.5, 0.6) is 0 Å². The SMILES string of the molecule is COC(=O)c1ccc(C(=O)NC(=S)N2CCC(C)CC2)cc1. The van der Waals surface area contributed by atoms with Gasteiger partial charge in [0, 0.05) is 18.7 Å². The van der Waals surface area contributed by atoms with Gasteiger partial charge in [-0.1, -0.05) is 6.92 Å². The number of likely N-dealkylation sites (tertiary alicyclic amines) is 1. The first-order chi connectivity index (χ1) is 10.5. The number of methoxy groups -OCH3 is 1. The number of nitrogens with zero attached hydrogens (tertiary/aromatic N) is 1. The number of nitrogens with one attached hydrogen (secondary N) is 1. The molecule has 0 radical (unpaired) electrons. The molecule has 2 rings (SSSR count). The summed E-state index contributed by atoms with van der Waals surface area (Å²) >= 11 is 5.29. The minimum absolute atomic E-state index is 0.264. The normalized spacial score (nSPS) is 15.3. The average Bonchev–Trinajstić information content (AvgIpc) is 2.54. The molecule has 1 aromatic carbocycles. The monoisotopic (exact) mass is 320 g/mol. The largest absolute Gasteiger partial charge is 0.465 e. The molecule has 6 heteroatoms. The number of hydrogen-bond donors (Lipinski definition) is 1. The Hall–Kier alpha value is -1.95. The molecular weight excluding hydrogens is 300 g/mol. The van der Waals surface area contributed by atoms with Crippen LogP contribution in [0.25, 0.3) is 0 Å². The first kappa shape index (κ1) is 16.4. The molecule has 118 valence electrons. The van der Waals surface area contributed by atoms with Gasteiger partial charge in [-0.2, -0.15) is 0 Å². The first-order valence-corrected chi connectivity index (χ1v) is 7.70. The van der Waals surface area contributed by atoms with E-state index >= 15 is 0 Å². The number of carbonyl (C=O) groups is 2. The summed E-state index contributed by atoms with van der Waals surface area (Å²) in [5.74, 6) is 0.0190. The van der Waals surface area contributed by atoms with Crippen molar-refractivity contribution in [1.82, 2.24) is 10.2 Å². The van der Waals surface area contributed by atoms with Gasteiger partial charge in [-0.15, -0.1) is 0 Å². The Morgan fingerprint density at radius 2 is 1.73 bits per heavy atom. The molecule has 0 spiro atoms. The molecule has 0 atom stereocenters. The van der Waals surface area contributed by atoms with E-state index in [0.717, 1.165) is 25.9 Å². The van der Waals surface area contributed by atoms with Crippen molar-refractivity contribution in [1.29, 1.82) is 0 Å². The number of hydrogen-bond acceptors (Lipinski definition) is 4. The van der Waals surface area contributed by atoms with Gasteiger partial charge in [0.1, 0.15) is 0 Å². The lowest BCUT2D eigenvalue weighted by molar-refractivity contribution is 0.0600. The highest BCUT2D eigenvalue weighted by molar-refractivity contribution is 7.80. The van der Waals surface area contributed by atoms with Gasteiger partial charge in [0.25, 0.3) is 5.91 Å². The van der Waals surface area contributed by atoms with Crippen LogP contribution in [0.4, 0.5) is 0 Å². The van der Waals surface area contributed by atoms with Crippen LogP contribution in [0.2, 0.25) is 0 Å². The number of piperidine rings is 1. The van der Waals surface area contributed by atoms with Gasteiger partial charge in [0.05, 0.1) is 12.7 Å². The molecule has 1 saturated heterocycles. The number of esters is 1. The quantitative estimate of drug-likeness (QED) is 0.669. The Balaban J connectivity index is 1.94. The van der Waals surface area contributed by atoms with Crippen molar-refractivity contribution in [2.75, 3.05) is 20.2 Å². The van der Waals surface area contributed by atoms with Crippen LogP contribution in [0.15, 0.2) is 24.3 Å². The standard InChI is InChI=1S/C16H20N2O3S/c1-11-7-9-18(10-8-11)16(22)17-14(19)12-3-5-13(6-4-12)15(20)21-2/h3-6,11H,7-10H2,1-2H3,(H,17,19,22). The summed E-state index contributed by atoms with van der Waals surface area (Å²) in [6.45, 7) is 3.98. The zero-order valence-electron chi connectivity index (χ0n) is 12.8. The van der Waals surface area contributed by atoms with Crippen LogP contribution in [0, 0.1) is 5.92 Å². The van der Waals surface area contributed by atoms with Gasteiger partial charge in [0.15, 0.2) is 5.11 Å². The second-order valence-corrected chi connectivity index (χ2v) is 5.88. The van der Waals surface area contributed by atoms with E-state index in [1.807, 2.05) is 4.90 Å². The Morgan fingerprint density at radius 1 is 1.18 bits per heavy atom. The lowest BCUT2D eigenvalue weighted by Crippen LogP contribution is -2.46. The molecule has 1 amide bonds. The fourth-order valence-electron chi connectivity index (χ4n) is 2.34. The molecule has 1 aliphatic heterocycles. The van der Waals surface area contributed by atoms with Gasteiger partial charge in [-0.3, -0.25) is 10.1 Å². The van der Waals surface area contributed by atoms with E-state index in [-0.39, 0.29) is 5.91 Å². The van der Waals surface area contributed by atoms with E-state index in [1.165, 1.54) is 7.11 Å². The molecule has 5 nitrogen and oxygen atoms in total. The van der Waals surface area contributed by atoms with E-state index < -0.39 is 5.97 Å². The van der Waals surface area contributed by atoms with Crippen LogP contribution < -0.4 is 5.32 Å². The maximum atomic E-state index is 12.2. The topological polar surface area (TPSA) is 58.6 Å². The molecule has 0 unspecified atom stereocenters. The Kier molecular flexibility index (Phi) is 5.49. The highest BCUT2D eigenvalue weighted by Gasteiger charge is 2.19. The smallest absolute Gasteiger partial charge is 0.337 e. The van der Waals surface area contributed by atoms with Gasteiger partial charge in [-0.05, 0) is 55.2 Å². The predicted molar refractivity (Wildman–Crippen MR) is 87.8 cm³/mol. The van der Waals surface area contributed by atoms with E-state index in [0.29, 0.717) is 22.2 Å². The molecule has 0 aliphatic carbocycles. The molecule has 22 heavy (non-hydrogen) atoms. The number of rotatable bonds is 2. The van der Waals surface area contributed by atoms with Crippen molar-refractivity contribution in [3.8, 4) is 0 Å². The fraction of sp³-hybridized carbons (Fsp3) is 0.438. The number of thiocarbonyl (C=S) groups is 1. The zero-order chi connectivity index (χ0) is 16.1. The summed E-state index contributed by atoms with van der Waals surface area (Å²) in [7, 11) is 1.32. The van der Waals surface area contributed by atoms with Crippen molar-refractivity contribution in [2.45, 2.75) is 19.8 Å². The summed E-state index contributed by atoms with van der Waals surface area (Å²) in [4.78, 5) is 25.6. The Morgan fingerprint density at radius 3 is 2.27 bits per heavy atom. The predicted octanol–water partition coefficient (Wildman–Crippen LogP) is 2.22. The van der Waals surface area contributed by atoms with Crippen LogP contribution in [0.1, 0.15) is 40.5 Å². The lowest BCUT2D eigenvalue weighted by atomic mass is 10.00. The molecular formula is C16H20N2O3S. The molecule has 1 aliphatic rings. The maximum Gasteiger partial charge on any atom is 0.337 e. The van der Waals surface area contributed by atoms with Gasteiger partial charge in [-0.25, -0.2) is 4.79 Å². The third kappa shape index (κ3) is 4.04. The van der Waals surface area contributed by atoms with Gasteiger partial charge in [0.2, 0.25) is 0 Å². The summed E-state index contributed by atoms with van der Waals surface area (Å²) < 4.78 is 4.62. The molecule has 0 bridgehead atoms. The first-order valence-electron chi connectivity index (χ1n) is 7.30. The number of carbonyl (C=O) groups excluding carboxylic acids is 2. The molecule has 1 aromatic rings. The zero-order valence-corrected chi connectivity index (χ0v) is 13.6. The van der Waals surface area contributed by atoms with Crippen LogP contribution >= 0.6 is 12.2 Å². The highest BCUT2D eigenvalue weighted by atomic mass is 32.1. The third-order valence-corrected chi connectivity index (χ3v) is 4.22. The van der Waals surface area contributed by atoms with Crippen molar-refractivity contribution in [2.24, 2.45) is 5.92 Å². The summed E-state index contributed by atoms with van der Waals surface area (Å²) in [6, 6.07) is 6.30. The molecule has 1 heterocycles. The van der Waals surface area contributed by atoms with E-state index in [4.69, 9.17) is 12.2 Å². The Labute approximate surface area is 135 Å². The van der Waals surface area contributed by atoms with Gasteiger partial charge < -0.3 is 9.64 Å². The van der Waals surface area contributed by atoms with Crippen LogP contribution in [-0.2, 0) is 4.74 Å². The minimum atomic E-state index is -0.426. The summed E-state index contributed by atoms with van der Waals surface area (Å²) in [5.41, 5.74) is 0.868. The number of benzene rings is 1. The number of amides is 1. The van der Waals surface area contributed by atoms with Crippen molar-refractivity contribution >= 4 is 29.2 Å². The fourth-order valence-corrected chi connectivity index (χ4v) is 2.61. The molecule has 0 aromatic heterocycles. The number of ether oxygens (including phenoxy) is 1. The van der Waals surface area contributed by atoms with Crippen LogP contribution in [0.3, 0.4) is 0 Å². The maximum absolute atomic E-state index is 12.2. The van der Waals surface area contributed by atoms with Crippen molar-refractivity contribution in [3.63, 3.8) is 0 Å².